The van der Waals surface area contributed by atoms with E-state index in [-0.39, 0.29) is 5.96 Å². The standard InChI is InChI=1S/C10H24N4.C7H6O2/c1-8(2)9(3)14(10(12)13)7-5-4-6-11;8-7(9)6-4-2-1-3-5-6/h8-9H,4-7,11H2,1-3H3,(H3,12,13);1-5H,(H,8,9). The van der Waals surface area contributed by atoms with E-state index in [4.69, 9.17) is 22.0 Å². The number of aromatic carboxylic acids is 1. The Morgan fingerprint density at radius 1 is 1.22 bits per heavy atom. The average molecular weight is 322 g/mol. The van der Waals surface area contributed by atoms with Crippen LogP contribution in [0.15, 0.2) is 30.3 Å². The number of carbonyl (C=O) groups is 1. The highest BCUT2D eigenvalue weighted by Crippen LogP contribution is 2.10. The number of guanidine groups is 1. The molecule has 23 heavy (non-hydrogen) atoms. The number of unbranched alkanes of at least 4 members (excludes halogenated alkanes) is 1. The molecule has 0 fully saturated rings. The van der Waals surface area contributed by atoms with Gasteiger partial charge in [-0.15, -0.1) is 0 Å². The molecule has 1 atom stereocenters. The second kappa shape index (κ2) is 11.5. The maximum atomic E-state index is 10.2. The van der Waals surface area contributed by atoms with E-state index in [9.17, 15) is 4.79 Å². The van der Waals surface area contributed by atoms with Crippen LogP contribution in [0, 0.1) is 11.3 Å². The van der Waals surface area contributed by atoms with Crippen LogP contribution in [0.5, 0.6) is 0 Å². The van der Waals surface area contributed by atoms with Crippen molar-refractivity contribution in [1.29, 1.82) is 5.41 Å². The molecule has 0 spiro atoms. The summed E-state index contributed by atoms with van der Waals surface area (Å²) in [5.41, 5.74) is 11.3. The highest BCUT2D eigenvalue weighted by Gasteiger charge is 2.17. The minimum Gasteiger partial charge on any atom is -0.478 e. The third kappa shape index (κ3) is 8.83. The molecule has 1 aromatic carbocycles. The van der Waals surface area contributed by atoms with Crippen LogP contribution in [0.3, 0.4) is 0 Å². The van der Waals surface area contributed by atoms with Crippen molar-refractivity contribution in [2.45, 2.75) is 39.7 Å². The molecular weight excluding hydrogens is 292 g/mol. The van der Waals surface area contributed by atoms with Crippen molar-refractivity contribution in [3.8, 4) is 0 Å². The number of carboxylic acids is 1. The number of hydrogen-bond acceptors (Lipinski definition) is 3. The maximum Gasteiger partial charge on any atom is 0.335 e. The van der Waals surface area contributed by atoms with Crippen LogP contribution in [0.1, 0.15) is 44.0 Å². The fraction of sp³-hybridized carbons (Fsp3) is 0.529. The lowest BCUT2D eigenvalue weighted by atomic mass is 10.0. The first-order valence-electron chi connectivity index (χ1n) is 7.90. The molecule has 1 aromatic rings. The number of rotatable bonds is 7. The number of hydrogen-bond donors (Lipinski definition) is 4. The Morgan fingerprint density at radius 3 is 2.13 bits per heavy atom. The van der Waals surface area contributed by atoms with Crippen LogP contribution in [-0.2, 0) is 0 Å². The Kier molecular flexibility index (Phi) is 10.4. The van der Waals surface area contributed by atoms with Crippen LogP contribution in [0.25, 0.3) is 0 Å². The summed E-state index contributed by atoms with van der Waals surface area (Å²) in [5, 5.41) is 15.9. The Bertz CT molecular complexity index is 463. The highest BCUT2D eigenvalue weighted by atomic mass is 16.4. The van der Waals surface area contributed by atoms with Crippen molar-refractivity contribution in [2.24, 2.45) is 17.4 Å². The molecule has 130 valence electrons. The molecule has 1 unspecified atom stereocenters. The summed E-state index contributed by atoms with van der Waals surface area (Å²) in [7, 11) is 0. The molecule has 0 aromatic heterocycles. The topological polar surface area (TPSA) is 116 Å². The van der Waals surface area contributed by atoms with Crippen LogP contribution < -0.4 is 11.5 Å². The highest BCUT2D eigenvalue weighted by molar-refractivity contribution is 5.87. The quantitative estimate of drug-likeness (QED) is 0.349. The number of nitrogens with zero attached hydrogens (tertiary/aromatic N) is 1. The summed E-state index contributed by atoms with van der Waals surface area (Å²) >= 11 is 0. The van der Waals surface area contributed by atoms with Gasteiger partial charge in [-0.3, -0.25) is 5.41 Å². The third-order valence-corrected chi connectivity index (χ3v) is 3.64. The zero-order valence-electron chi connectivity index (χ0n) is 14.3. The van der Waals surface area contributed by atoms with Crippen LogP contribution in [0.2, 0.25) is 0 Å². The van der Waals surface area contributed by atoms with Gasteiger partial charge >= 0.3 is 5.97 Å². The lowest BCUT2D eigenvalue weighted by Gasteiger charge is -2.32. The van der Waals surface area contributed by atoms with E-state index in [1.165, 1.54) is 0 Å². The van der Waals surface area contributed by atoms with Crippen LogP contribution >= 0.6 is 0 Å². The van der Waals surface area contributed by atoms with E-state index >= 15 is 0 Å². The molecule has 0 bridgehead atoms. The van der Waals surface area contributed by atoms with Gasteiger partial charge < -0.3 is 21.5 Å². The third-order valence-electron chi connectivity index (χ3n) is 3.64. The smallest absolute Gasteiger partial charge is 0.335 e. The molecule has 1 rings (SSSR count). The summed E-state index contributed by atoms with van der Waals surface area (Å²) < 4.78 is 0. The van der Waals surface area contributed by atoms with Gasteiger partial charge in [-0.25, -0.2) is 4.79 Å². The summed E-state index contributed by atoms with van der Waals surface area (Å²) in [5.74, 6) is -0.199. The summed E-state index contributed by atoms with van der Waals surface area (Å²) in [6.07, 6.45) is 2.00. The van der Waals surface area contributed by atoms with Gasteiger partial charge in [0.1, 0.15) is 0 Å². The lowest BCUT2D eigenvalue weighted by Crippen LogP contribution is -2.45. The Hall–Kier alpha value is -2.08. The SMILES string of the molecule is CC(C)C(C)N(CCCCN)C(=N)N.O=C(O)c1ccccc1. The van der Waals surface area contributed by atoms with Crippen molar-refractivity contribution in [3.05, 3.63) is 35.9 Å². The second-order valence-corrected chi connectivity index (χ2v) is 5.73. The van der Waals surface area contributed by atoms with Crippen molar-refractivity contribution in [3.63, 3.8) is 0 Å². The van der Waals surface area contributed by atoms with E-state index in [2.05, 4.69) is 20.8 Å². The van der Waals surface area contributed by atoms with Crippen molar-refractivity contribution >= 4 is 11.9 Å². The Morgan fingerprint density at radius 2 is 1.78 bits per heavy atom. The van der Waals surface area contributed by atoms with E-state index < -0.39 is 5.97 Å². The minimum absolute atomic E-state index is 0.170. The molecule has 0 amide bonds. The molecular formula is C17H30N4O2. The molecule has 0 heterocycles. The zero-order valence-corrected chi connectivity index (χ0v) is 14.3. The predicted molar refractivity (Wildman–Crippen MR) is 94.6 cm³/mol. The van der Waals surface area contributed by atoms with Crippen molar-refractivity contribution in [2.75, 3.05) is 13.1 Å². The molecule has 0 aliphatic heterocycles. The number of nitrogens with two attached hydrogens (primary N) is 2. The first-order chi connectivity index (χ1) is 10.8. The maximum absolute atomic E-state index is 10.2. The van der Waals surface area contributed by atoms with E-state index in [0.29, 0.717) is 24.1 Å². The van der Waals surface area contributed by atoms with Crippen LogP contribution in [0.4, 0.5) is 0 Å². The lowest BCUT2D eigenvalue weighted by molar-refractivity contribution is 0.0697. The summed E-state index contributed by atoms with van der Waals surface area (Å²) in [4.78, 5) is 12.1. The second-order valence-electron chi connectivity index (χ2n) is 5.73. The van der Waals surface area contributed by atoms with Gasteiger partial charge in [0.05, 0.1) is 5.56 Å². The van der Waals surface area contributed by atoms with Gasteiger partial charge in [0, 0.05) is 12.6 Å². The monoisotopic (exact) mass is 322 g/mol. The van der Waals surface area contributed by atoms with E-state index in [1.807, 2.05) is 4.90 Å². The van der Waals surface area contributed by atoms with Crippen molar-refractivity contribution in [1.82, 2.24) is 4.90 Å². The molecule has 6 heteroatoms. The Labute approximate surface area is 139 Å². The molecule has 0 radical (unpaired) electrons. The molecule has 0 aliphatic rings. The van der Waals surface area contributed by atoms with E-state index in [0.717, 1.165) is 19.4 Å². The molecule has 0 saturated heterocycles. The Balaban J connectivity index is 0.000000459. The molecule has 0 aliphatic carbocycles. The zero-order chi connectivity index (χ0) is 17.8. The summed E-state index contributed by atoms with van der Waals surface area (Å²) in [6.45, 7) is 7.94. The van der Waals surface area contributed by atoms with Crippen LogP contribution in [-0.4, -0.2) is 41.1 Å². The molecule has 6 nitrogen and oxygen atoms in total. The first kappa shape index (κ1) is 20.9. The van der Waals surface area contributed by atoms with Gasteiger partial charge in [-0.1, -0.05) is 32.0 Å². The number of nitrogens with one attached hydrogen (secondary N) is 1. The largest absolute Gasteiger partial charge is 0.478 e. The fourth-order valence-corrected chi connectivity index (χ4v) is 1.91. The molecule has 6 N–H and O–H groups in total. The summed E-state index contributed by atoms with van der Waals surface area (Å²) in [6, 6.07) is 8.62. The minimum atomic E-state index is -0.879. The van der Waals surface area contributed by atoms with Gasteiger partial charge in [0.25, 0.3) is 0 Å². The van der Waals surface area contributed by atoms with Gasteiger partial charge in [-0.2, -0.15) is 0 Å². The number of benzene rings is 1. The van der Waals surface area contributed by atoms with Crippen molar-refractivity contribution < 1.29 is 9.90 Å². The average Bonchev–Trinajstić information content (AvgIpc) is 2.52. The fourth-order valence-electron chi connectivity index (χ4n) is 1.91. The normalized spacial score (nSPS) is 11.3. The molecule has 0 saturated carbocycles. The van der Waals surface area contributed by atoms with Gasteiger partial charge in [0.2, 0.25) is 0 Å². The van der Waals surface area contributed by atoms with Gasteiger partial charge in [-0.05, 0) is 44.4 Å². The van der Waals surface area contributed by atoms with E-state index in [1.54, 1.807) is 30.3 Å². The number of carboxylic acid groups (broad SMARTS) is 1. The van der Waals surface area contributed by atoms with Gasteiger partial charge in [0.15, 0.2) is 5.96 Å². The first-order valence-corrected chi connectivity index (χ1v) is 7.90. The predicted octanol–water partition coefficient (Wildman–Crippen LogP) is 2.35.